The van der Waals surface area contributed by atoms with Gasteiger partial charge in [0.25, 0.3) is 0 Å². The molecular formula is C17H21N5O. The van der Waals surface area contributed by atoms with E-state index in [0.29, 0.717) is 0 Å². The number of hydrogen-bond acceptors (Lipinski definition) is 5. The number of rotatable bonds is 6. The number of ether oxygens (including phenoxy) is 1. The lowest BCUT2D eigenvalue weighted by Crippen LogP contribution is -1.98. The number of aromatic nitrogens is 4. The zero-order chi connectivity index (χ0) is 16.2. The van der Waals surface area contributed by atoms with Crippen molar-refractivity contribution in [2.45, 2.75) is 26.7 Å². The summed E-state index contributed by atoms with van der Waals surface area (Å²) in [6.45, 7) is 4.87. The SMILES string of the molecule is CCCCOc1ccc(Nc2ncnc3c2c(C)nn3C)cc1. The molecule has 2 aromatic heterocycles. The van der Waals surface area contributed by atoms with E-state index in [-0.39, 0.29) is 0 Å². The Morgan fingerprint density at radius 1 is 1.17 bits per heavy atom. The molecule has 6 heteroatoms. The van der Waals surface area contributed by atoms with E-state index in [4.69, 9.17) is 4.74 Å². The number of hydrogen-bond donors (Lipinski definition) is 1. The molecule has 0 radical (unpaired) electrons. The molecule has 120 valence electrons. The van der Waals surface area contributed by atoms with E-state index in [1.807, 2.05) is 38.2 Å². The van der Waals surface area contributed by atoms with Crippen LogP contribution in [0.3, 0.4) is 0 Å². The molecule has 0 fully saturated rings. The lowest BCUT2D eigenvalue weighted by molar-refractivity contribution is 0.309. The van der Waals surface area contributed by atoms with E-state index in [0.717, 1.165) is 53.4 Å². The first-order valence-corrected chi connectivity index (χ1v) is 7.83. The second-order valence-corrected chi connectivity index (χ2v) is 5.48. The largest absolute Gasteiger partial charge is 0.494 e. The van der Waals surface area contributed by atoms with Gasteiger partial charge in [-0.1, -0.05) is 13.3 Å². The van der Waals surface area contributed by atoms with Crippen molar-refractivity contribution in [2.24, 2.45) is 7.05 Å². The van der Waals surface area contributed by atoms with Gasteiger partial charge in [0.1, 0.15) is 17.9 Å². The molecule has 0 unspecified atom stereocenters. The molecule has 23 heavy (non-hydrogen) atoms. The lowest BCUT2D eigenvalue weighted by atomic mass is 10.2. The molecule has 3 aromatic rings. The van der Waals surface area contributed by atoms with Gasteiger partial charge in [0.15, 0.2) is 5.65 Å². The van der Waals surface area contributed by atoms with Crippen LogP contribution in [0.2, 0.25) is 0 Å². The quantitative estimate of drug-likeness (QED) is 0.705. The first kappa shape index (κ1) is 15.3. The Balaban J connectivity index is 1.80. The van der Waals surface area contributed by atoms with Gasteiger partial charge < -0.3 is 10.1 Å². The van der Waals surface area contributed by atoms with Crippen LogP contribution in [0.5, 0.6) is 5.75 Å². The first-order chi connectivity index (χ1) is 11.2. The fourth-order valence-electron chi connectivity index (χ4n) is 2.48. The average molecular weight is 311 g/mol. The summed E-state index contributed by atoms with van der Waals surface area (Å²) in [4.78, 5) is 8.64. The Kier molecular flexibility index (Phi) is 4.41. The van der Waals surface area contributed by atoms with Gasteiger partial charge in [-0.25, -0.2) is 9.97 Å². The first-order valence-electron chi connectivity index (χ1n) is 7.83. The van der Waals surface area contributed by atoms with Gasteiger partial charge >= 0.3 is 0 Å². The van der Waals surface area contributed by atoms with Crippen LogP contribution in [-0.4, -0.2) is 26.4 Å². The maximum absolute atomic E-state index is 5.68. The Morgan fingerprint density at radius 2 is 1.96 bits per heavy atom. The van der Waals surface area contributed by atoms with Gasteiger partial charge in [0.05, 0.1) is 17.7 Å². The summed E-state index contributed by atoms with van der Waals surface area (Å²) in [7, 11) is 1.88. The van der Waals surface area contributed by atoms with Gasteiger partial charge in [-0.05, 0) is 37.6 Å². The Morgan fingerprint density at radius 3 is 2.70 bits per heavy atom. The summed E-state index contributed by atoms with van der Waals surface area (Å²) < 4.78 is 7.44. The average Bonchev–Trinajstić information content (AvgIpc) is 2.85. The standard InChI is InChI=1S/C17H21N5O/c1-4-5-10-23-14-8-6-13(7-9-14)20-16-15-12(2)21-22(3)17(15)19-11-18-16/h6-9,11H,4-5,10H2,1-3H3,(H,18,19,20). The van der Waals surface area contributed by atoms with Crippen LogP contribution in [0.15, 0.2) is 30.6 Å². The Bertz CT molecular complexity index is 795. The second-order valence-electron chi connectivity index (χ2n) is 5.48. The molecule has 0 bridgehead atoms. The molecule has 0 aliphatic heterocycles. The lowest BCUT2D eigenvalue weighted by Gasteiger charge is -2.09. The maximum atomic E-state index is 5.68. The highest BCUT2D eigenvalue weighted by Gasteiger charge is 2.12. The van der Waals surface area contributed by atoms with Crippen LogP contribution < -0.4 is 10.1 Å². The van der Waals surface area contributed by atoms with Crippen molar-refractivity contribution >= 4 is 22.5 Å². The van der Waals surface area contributed by atoms with Crippen LogP contribution in [0.1, 0.15) is 25.5 Å². The van der Waals surface area contributed by atoms with E-state index in [1.54, 1.807) is 11.0 Å². The number of nitrogens with one attached hydrogen (secondary N) is 1. The maximum Gasteiger partial charge on any atom is 0.163 e. The summed E-state index contributed by atoms with van der Waals surface area (Å²) in [5.41, 5.74) is 2.68. The third-order valence-corrected chi connectivity index (χ3v) is 3.68. The second kappa shape index (κ2) is 6.64. The molecule has 0 saturated carbocycles. The Labute approximate surface area is 135 Å². The number of anilines is 2. The molecule has 0 atom stereocenters. The molecule has 0 aliphatic carbocycles. The minimum absolute atomic E-state index is 0.755. The van der Waals surface area contributed by atoms with Crippen molar-refractivity contribution in [2.75, 3.05) is 11.9 Å². The molecule has 6 nitrogen and oxygen atoms in total. The summed E-state index contributed by atoms with van der Waals surface area (Å²) >= 11 is 0. The third-order valence-electron chi connectivity index (χ3n) is 3.68. The van der Waals surface area contributed by atoms with Gasteiger partial charge in [-0.3, -0.25) is 4.68 Å². The van der Waals surface area contributed by atoms with E-state index in [1.165, 1.54) is 0 Å². The van der Waals surface area contributed by atoms with Crippen LogP contribution in [0.25, 0.3) is 11.0 Å². The highest BCUT2D eigenvalue weighted by molar-refractivity contribution is 5.90. The fraction of sp³-hybridized carbons (Fsp3) is 0.353. The molecule has 0 spiro atoms. The number of nitrogens with zero attached hydrogens (tertiary/aromatic N) is 4. The van der Waals surface area contributed by atoms with Crippen LogP contribution in [-0.2, 0) is 7.05 Å². The van der Waals surface area contributed by atoms with Crippen molar-refractivity contribution < 1.29 is 4.74 Å². The monoisotopic (exact) mass is 311 g/mol. The third kappa shape index (κ3) is 3.26. The summed E-state index contributed by atoms with van der Waals surface area (Å²) in [6, 6.07) is 7.90. The molecule has 0 aliphatic rings. The molecule has 3 rings (SSSR count). The molecule has 1 aromatic carbocycles. The van der Waals surface area contributed by atoms with Crippen molar-refractivity contribution in [1.29, 1.82) is 0 Å². The van der Waals surface area contributed by atoms with Crippen molar-refractivity contribution in [1.82, 2.24) is 19.7 Å². The minimum Gasteiger partial charge on any atom is -0.494 e. The number of fused-ring (bicyclic) bond motifs is 1. The van der Waals surface area contributed by atoms with Gasteiger partial charge in [0.2, 0.25) is 0 Å². The molecular weight excluding hydrogens is 290 g/mol. The van der Waals surface area contributed by atoms with Gasteiger partial charge in [-0.2, -0.15) is 5.10 Å². The molecule has 0 saturated heterocycles. The zero-order valence-corrected chi connectivity index (χ0v) is 13.7. The van der Waals surface area contributed by atoms with E-state index >= 15 is 0 Å². The van der Waals surface area contributed by atoms with E-state index in [9.17, 15) is 0 Å². The topological polar surface area (TPSA) is 64.9 Å². The van der Waals surface area contributed by atoms with Gasteiger partial charge in [0, 0.05) is 12.7 Å². The normalized spacial score (nSPS) is 10.9. The predicted octanol–water partition coefficient (Wildman–Crippen LogP) is 3.59. The highest BCUT2D eigenvalue weighted by Crippen LogP contribution is 2.26. The van der Waals surface area contributed by atoms with Crippen molar-refractivity contribution in [3.05, 3.63) is 36.3 Å². The number of benzene rings is 1. The predicted molar refractivity (Wildman–Crippen MR) is 91.2 cm³/mol. The fourth-order valence-corrected chi connectivity index (χ4v) is 2.48. The van der Waals surface area contributed by atoms with Crippen LogP contribution in [0.4, 0.5) is 11.5 Å². The Hall–Kier alpha value is -2.63. The van der Waals surface area contributed by atoms with Crippen molar-refractivity contribution in [3.63, 3.8) is 0 Å². The van der Waals surface area contributed by atoms with Crippen LogP contribution in [0, 0.1) is 6.92 Å². The molecule has 2 heterocycles. The molecule has 0 amide bonds. The summed E-state index contributed by atoms with van der Waals surface area (Å²) in [5, 5.41) is 8.68. The molecule has 1 N–H and O–H groups in total. The van der Waals surface area contributed by atoms with Crippen LogP contribution >= 0.6 is 0 Å². The van der Waals surface area contributed by atoms with Crippen molar-refractivity contribution in [3.8, 4) is 5.75 Å². The highest BCUT2D eigenvalue weighted by atomic mass is 16.5. The van der Waals surface area contributed by atoms with Gasteiger partial charge in [-0.15, -0.1) is 0 Å². The van der Waals surface area contributed by atoms with E-state index in [2.05, 4.69) is 27.3 Å². The minimum atomic E-state index is 0.755. The number of unbranched alkanes of at least 4 members (excludes halogenated alkanes) is 1. The summed E-state index contributed by atoms with van der Waals surface area (Å²) in [6.07, 6.45) is 3.75. The van der Waals surface area contributed by atoms with E-state index < -0.39 is 0 Å². The summed E-state index contributed by atoms with van der Waals surface area (Å²) in [5.74, 6) is 1.65. The zero-order valence-electron chi connectivity index (χ0n) is 13.7. The smallest absolute Gasteiger partial charge is 0.163 e. The number of aryl methyl sites for hydroxylation is 2.